The van der Waals surface area contributed by atoms with Gasteiger partial charge in [-0.3, -0.25) is 4.79 Å². The summed E-state index contributed by atoms with van der Waals surface area (Å²) in [6.45, 7) is 4.67. The Morgan fingerprint density at radius 1 is 1.47 bits per heavy atom. The van der Waals surface area contributed by atoms with E-state index in [1.807, 2.05) is 26.1 Å². The number of amides is 1. The van der Waals surface area contributed by atoms with Gasteiger partial charge in [0.05, 0.1) is 5.56 Å². The van der Waals surface area contributed by atoms with Crippen molar-refractivity contribution in [3.63, 3.8) is 0 Å². The highest BCUT2D eigenvalue weighted by atomic mass is 35.5. The first-order valence-electron chi connectivity index (χ1n) is 5.96. The third-order valence-corrected chi connectivity index (χ3v) is 3.74. The monoisotopic (exact) mass is 322 g/mol. The third-order valence-electron chi connectivity index (χ3n) is 2.55. The summed E-state index contributed by atoms with van der Waals surface area (Å²) >= 11 is 7.59. The summed E-state index contributed by atoms with van der Waals surface area (Å²) in [7, 11) is 1.87. The third kappa shape index (κ3) is 6.04. The first kappa shape index (κ1) is 18.6. The molecular formula is C13H20Cl2N2OS. The fraction of sp³-hybridized carbons (Fsp3) is 0.462. The van der Waals surface area contributed by atoms with Gasteiger partial charge in [0.1, 0.15) is 0 Å². The number of hydrogen-bond acceptors (Lipinski definition) is 3. The Bertz CT molecular complexity index is 416. The number of thioether (sulfide) groups is 1. The van der Waals surface area contributed by atoms with E-state index in [-0.39, 0.29) is 24.4 Å². The maximum Gasteiger partial charge on any atom is 0.252 e. The Balaban J connectivity index is 0.00000324. The van der Waals surface area contributed by atoms with Crippen molar-refractivity contribution in [2.24, 2.45) is 0 Å². The standard InChI is InChI=1S/C13H19ClN2OS.ClH/c1-4-18-12-6-5-10(14)7-11(12)13(17)16-8-9(2)15-3;/h5-7,9,15H,4,8H2,1-3H3,(H,16,17);1H. The number of benzene rings is 1. The average Bonchev–Trinajstić information content (AvgIpc) is 2.37. The average molecular weight is 323 g/mol. The molecule has 1 aromatic carbocycles. The Hall–Kier alpha value is -0.420. The fourth-order valence-electron chi connectivity index (χ4n) is 1.40. The summed E-state index contributed by atoms with van der Waals surface area (Å²) in [5.41, 5.74) is 0.651. The lowest BCUT2D eigenvalue weighted by Crippen LogP contribution is -2.37. The largest absolute Gasteiger partial charge is 0.350 e. The zero-order valence-corrected chi connectivity index (χ0v) is 13.7. The van der Waals surface area contributed by atoms with Gasteiger partial charge in [-0.05, 0) is 37.9 Å². The van der Waals surface area contributed by atoms with E-state index in [1.54, 1.807) is 17.8 Å². The molecule has 0 aromatic heterocycles. The summed E-state index contributed by atoms with van der Waals surface area (Å²) in [5.74, 6) is 0.852. The molecule has 3 nitrogen and oxygen atoms in total. The van der Waals surface area contributed by atoms with Gasteiger partial charge in [-0.2, -0.15) is 0 Å². The molecule has 0 aliphatic heterocycles. The van der Waals surface area contributed by atoms with Gasteiger partial charge in [0, 0.05) is 22.5 Å². The van der Waals surface area contributed by atoms with Crippen LogP contribution in [0.1, 0.15) is 24.2 Å². The van der Waals surface area contributed by atoms with Crippen LogP contribution in [0.15, 0.2) is 23.1 Å². The molecule has 2 N–H and O–H groups in total. The number of carbonyl (C=O) groups is 1. The van der Waals surface area contributed by atoms with E-state index in [1.165, 1.54) is 0 Å². The Kier molecular flexibility index (Phi) is 9.27. The highest BCUT2D eigenvalue weighted by Crippen LogP contribution is 2.25. The Labute approximate surface area is 130 Å². The van der Waals surface area contributed by atoms with Gasteiger partial charge in [0.2, 0.25) is 0 Å². The first-order chi connectivity index (χ1) is 8.58. The molecule has 0 spiro atoms. The van der Waals surface area contributed by atoms with E-state index >= 15 is 0 Å². The number of likely N-dealkylation sites (N-methyl/N-ethyl adjacent to an activating group) is 1. The molecule has 1 atom stereocenters. The number of carbonyl (C=O) groups excluding carboxylic acids is 1. The van der Waals surface area contributed by atoms with Crippen molar-refractivity contribution in [1.29, 1.82) is 0 Å². The van der Waals surface area contributed by atoms with Crippen LogP contribution in [0.25, 0.3) is 0 Å². The summed E-state index contributed by atoms with van der Waals surface area (Å²) < 4.78 is 0. The van der Waals surface area contributed by atoms with Crippen molar-refractivity contribution < 1.29 is 4.79 Å². The van der Waals surface area contributed by atoms with Crippen LogP contribution in [-0.4, -0.2) is 31.3 Å². The van der Waals surface area contributed by atoms with Gasteiger partial charge in [-0.25, -0.2) is 0 Å². The number of nitrogens with one attached hydrogen (secondary N) is 2. The van der Waals surface area contributed by atoms with Crippen LogP contribution in [0.5, 0.6) is 0 Å². The summed E-state index contributed by atoms with van der Waals surface area (Å²) in [6.07, 6.45) is 0. The highest BCUT2D eigenvalue weighted by molar-refractivity contribution is 7.99. The van der Waals surface area contributed by atoms with Crippen molar-refractivity contribution in [3.05, 3.63) is 28.8 Å². The summed E-state index contributed by atoms with van der Waals surface area (Å²) in [4.78, 5) is 13.1. The van der Waals surface area contributed by atoms with Crippen LogP contribution in [0, 0.1) is 0 Å². The van der Waals surface area contributed by atoms with Crippen molar-refractivity contribution in [1.82, 2.24) is 10.6 Å². The molecule has 0 fully saturated rings. The quantitative estimate of drug-likeness (QED) is 0.790. The lowest BCUT2D eigenvalue weighted by molar-refractivity contribution is 0.0947. The predicted molar refractivity (Wildman–Crippen MR) is 86.0 cm³/mol. The molecule has 0 saturated heterocycles. The van der Waals surface area contributed by atoms with Gasteiger partial charge in [-0.1, -0.05) is 18.5 Å². The second-order valence-electron chi connectivity index (χ2n) is 3.97. The van der Waals surface area contributed by atoms with E-state index in [9.17, 15) is 4.79 Å². The van der Waals surface area contributed by atoms with E-state index in [2.05, 4.69) is 17.6 Å². The lowest BCUT2D eigenvalue weighted by atomic mass is 10.2. The van der Waals surface area contributed by atoms with Crippen LogP contribution in [0.3, 0.4) is 0 Å². The lowest BCUT2D eigenvalue weighted by Gasteiger charge is -2.13. The molecule has 0 radical (unpaired) electrons. The number of halogens is 2. The molecule has 19 heavy (non-hydrogen) atoms. The zero-order chi connectivity index (χ0) is 13.5. The van der Waals surface area contributed by atoms with E-state index in [4.69, 9.17) is 11.6 Å². The van der Waals surface area contributed by atoms with Gasteiger partial charge >= 0.3 is 0 Å². The second-order valence-corrected chi connectivity index (χ2v) is 5.72. The molecule has 0 saturated carbocycles. The van der Waals surface area contributed by atoms with Crippen molar-refractivity contribution in [2.45, 2.75) is 24.8 Å². The zero-order valence-electron chi connectivity index (χ0n) is 11.3. The maximum absolute atomic E-state index is 12.1. The number of rotatable bonds is 6. The van der Waals surface area contributed by atoms with E-state index in [0.717, 1.165) is 10.6 Å². The van der Waals surface area contributed by atoms with Crippen molar-refractivity contribution >= 4 is 41.7 Å². The molecule has 6 heteroatoms. The smallest absolute Gasteiger partial charge is 0.252 e. The molecule has 0 bridgehead atoms. The van der Waals surface area contributed by atoms with Crippen LogP contribution in [-0.2, 0) is 0 Å². The van der Waals surface area contributed by atoms with Gasteiger partial charge in [-0.15, -0.1) is 24.2 Å². The Morgan fingerprint density at radius 2 is 2.16 bits per heavy atom. The van der Waals surface area contributed by atoms with E-state index in [0.29, 0.717) is 17.1 Å². The summed E-state index contributed by atoms with van der Waals surface area (Å²) in [5, 5.41) is 6.56. The predicted octanol–water partition coefficient (Wildman–Crippen LogP) is 3.21. The SMILES string of the molecule is CCSc1ccc(Cl)cc1C(=O)NCC(C)NC.Cl. The second kappa shape index (κ2) is 9.48. The van der Waals surface area contributed by atoms with Crippen molar-refractivity contribution in [2.75, 3.05) is 19.3 Å². The molecule has 108 valence electrons. The van der Waals surface area contributed by atoms with Crippen LogP contribution >= 0.6 is 35.8 Å². The van der Waals surface area contributed by atoms with Gasteiger partial charge in [0.25, 0.3) is 5.91 Å². The summed E-state index contributed by atoms with van der Waals surface area (Å²) in [6, 6.07) is 5.67. The van der Waals surface area contributed by atoms with E-state index < -0.39 is 0 Å². The Morgan fingerprint density at radius 3 is 2.74 bits per heavy atom. The van der Waals surface area contributed by atoms with Crippen molar-refractivity contribution in [3.8, 4) is 0 Å². The molecule has 1 aromatic rings. The minimum Gasteiger partial charge on any atom is -0.350 e. The van der Waals surface area contributed by atoms with Crippen LogP contribution in [0.2, 0.25) is 5.02 Å². The van der Waals surface area contributed by atoms with Crippen LogP contribution < -0.4 is 10.6 Å². The molecule has 1 rings (SSSR count). The minimum atomic E-state index is -0.0736. The molecule has 1 unspecified atom stereocenters. The molecular weight excluding hydrogens is 303 g/mol. The first-order valence-corrected chi connectivity index (χ1v) is 7.32. The molecule has 1 amide bonds. The molecule has 0 aliphatic rings. The number of hydrogen-bond donors (Lipinski definition) is 2. The van der Waals surface area contributed by atoms with Gasteiger partial charge < -0.3 is 10.6 Å². The highest BCUT2D eigenvalue weighted by Gasteiger charge is 2.12. The minimum absolute atomic E-state index is 0. The normalized spacial score (nSPS) is 11.6. The molecule has 0 aliphatic carbocycles. The maximum atomic E-state index is 12.1. The van der Waals surface area contributed by atoms with Gasteiger partial charge in [0.15, 0.2) is 0 Å². The molecule has 0 heterocycles. The fourth-order valence-corrected chi connectivity index (χ4v) is 2.36. The topological polar surface area (TPSA) is 41.1 Å². The van der Waals surface area contributed by atoms with Crippen LogP contribution in [0.4, 0.5) is 0 Å².